The lowest BCUT2D eigenvalue weighted by atomic mass is 10.1. The molecular weight excluding hydrogens is 286 g/mol. The summed E-state index contributed by atoms with van der Waals surface area (Å²) >= 11 is 0. The number of aliphatic hydroxyl groups excluding tert-OH is 1. The van der Waals surface area contributed by atoms with Crippen molar-refractivity contribution in [1.29, 1.82) is 0 Å². The van der Waals surface area contributed by atoms with E-state index < -0.39 is 5.97 Å². The molecule has 0 amide bonds. The van der Waals surface area contributed by atoms with Gasteiger partial charge in [-0.2, -0.15) is 0 Å². The van der Waals surface area contributed by atoms with Crippen molar-refractivity contribution >= 4 is 5.97 Å². The normalized spacial score (nSPS) is 15.5. The summed E-state index contributed by atoms with van der Waals surface area (Å²) < 4.78 is 15.4. The Balaban J connectivity index is 1.81. The largest absolute Gasteiger partial charge is 0.512 e. The Morgan fingerprint density at radius 3 is 2.55 bits per heavy atom. The number of hydrogen-bond acceptors (Lipinski definition) is 6. The van der Waals surface area contributed by atoms with Crippen molar-refractivity contribution < 1.29 is 24.1 Å². The highest BCUT2D eigenvalue weighted by atomic mass is 16.5. The Morgan fingerprint density at radius 2 is 1.91 bits per heavy atom. The van der Waals surface area contributed by atoms with Gasteiger partial charge in [0.1, 0.15) is 23.9 Å². The molecule has 0 aromatic heterocycles. The molecule has 1 aliphatic heterocycles. The highest BCUT2D eigenvalue weighted by Crippen LogP contribution is 2.18. The summed E-state index contributed by atoms with van der Waals surface area (Å²) in [5, 5.41) is 9.75. The van der Waals surface area contributed by atoms with E-state index in [0.717, 1.165) is 11.5 Å². The van der Waals surface area contributed by atoms with Crippen LogP contribution >= 0.6 is 0 Å². The lowest BCUT2D eigenvalue weighted by Crippen LogP contribution is -2.37. The number of nitrogens with zero attached hydrogens (tertiary/aromatic N) is 1. The molecule has 6 nitrogen and oxygen atoms in total. The number of carbonyl (C=O) groups excluding carboxylic acids is 1. The first-order valence-electron chi connectivity index (χ1n) is 7.12. The zero-order valence-corrected chi connectivity index (χ0v) is 12.9. The fraction of sp³-hybridized carbons (Fsp3) is 0.438. The summed E-state index contributed by atoms with van der Waals surface area (Å²) in [7, 11) is 2.93. The van der Waals surface area contributed by atoms with E-state index in [1.165, 1.54) is 7.11 Å². The lowest BCUT2D eigenvalue weighted by molar-refractivity contribution is -0.136. The Labute approximate surface area is 129 Å². The van der Waals surface area contributed by atoms with Gasteiger partial charge in [0.05, 0.1) is 19.8 Å². The molecule has 1 N–H and O–H groups in total. The van der Waals surface area contributed by atoms with Crippen molar-refractivity contribution in [2.24, 2.45) is 0 Å². The van der Waals surface area contributed by atoms with Gasteiger partial charge in [-0.05, 0) is 24.3 Å². The highest BCUT2D eigenvalue weighted by Gasteiger charge is 2.24. The molecule has 0 unspecified atom stereocenters. The van der Waals surface area contributed by atoms with E-state index in [2.05, 4.69) is 9.64 Å². The van der Waals surface area contributed by atoms with Crippen LogP contribution in [0.5, 0.6) is 11.5 Å². The van der Waals surface area contributed by atoms with E-state index in [4.69, 9.17) is 9.47 Å². The third-order valence-electron chi connectivity index (χ3n) is 3.56. The monoisotopic (exact) mass is 307 g/mol. The maximum Gasteiger partial charge on any atom is 0.338 e. The molecule has 1 aromatic rings. The number of methoxy groups -OCH3 is 2. The number of benzene rings is 1. The van der Waals surface area contributed by atoms with Gasteiger partial charge in [0.15, 0.2) is 0 Å². The fourth-order valence-electron chi connectivity index (χ4n) is 2.27. The van der Waals surface area contributed by atoms with E-state index in [1.54, 1.807) is 7.11 Å². The summed E-state index contributed by atoms with van der Waals surface area (Å²) in [5.74, 6) is 1.20. The predicted molar refractivity (Wildman–Crippen MR) is 81.2 cm³/mol. The molecule has 0 bridgehead atoms. The quantitative estimate of drug-likeness (QED) is 0.808. The number of ether oxygens (including phenoxy) is 3. The number of esters is 1. The SMILES string of the molecule is COC(=O)C1=C(O)CCN(CCOc2ccc(OC)cc2)C1. The van der Waals surface area contributed by atoms with Crippen LogP contribution in [0.15, 0.2) is 35.6 Å². The molecular formula is C16H21NO5. The molecule has 0 fully saturated rings. The lowest BCUT2D eigenvalue weighted by Gasteiger charge is -2.27. The highest BCUT2D eigenvalue weighted by molar-refractivity contribution is 5.89. The first-order chi connectivity index (χ1) is 10.6. The molecule has 1 aliphatic rings. The van der Waals surface area contributed by atoms with E-state index in [9.17, 15) is 9.90 Å². The third kappa shape index (κ3) is 4.14. The van der Waals surface area contributed by atoms with Crippen molar-refractivity contribution in [1.82, 2.24) is 4.90 Å². The van der Waals surface area contributed by atoms with E-state index in [-0.39, 0.29) is 5.76 Å². The number of carbonyl (C=O) groups is 1. The maximum absolute atomic E-state index is 11.6. The summed E-state index contributed by atoms with van der Waals surface area (Å²) in [6.07, 6.45) is 0.451. The molecule has 0 radical (unpaired) electrons. The fourth-order valence-corrected chi connectivity index (χ4v) is 2.27. The van der Waals surface area contributed by atoms with Crippen molar-refractivity contribution in [3.63, 3.8) is 0 Å². The first-order valence-corrected chi connectivity index (χ1v) is 7.12. The number of rotatable bonds is 6. The molecule has 22 heavy (non-hydrogen) atoms. The van der Waals surface area contributed by atoms with Crippen LogP contribution in [0, 0.1) is 0 Å². The average molecular weight is 307 g/mol. The van der Waals surface area contributed by atoms with Crippen LogP contribution in [0.2, 0.25) is 0 Å². The Hall–Kier alpha value is -2.21. The average Bonchev–Trinajstić information content (AvgIpc) is 2.56. The topological polar surface area (TPSA) is 68.2 Å². The van der Waals surface area contributed by atoms with Crippen molar-refractivity contribution in [2.45, 2.75) is 6.42 Å². The Bertz CT molecular complexity index is 538. The molecule has 6 heteroatoms. The molecule has 0 atom stereocenters. The minimum absolute atomic E-state index is 0.124. The summed E-state index contributed by atoms with van der Waals surface area (Å²) in [6, 6.07) is 7.38. The molecule has 2 rings (SSSR count). The Morgan fingerprint density at radius 1 is 1.23 bits per heavy atom. The summed E-state index contributed by atoms with van der Waals surface area (Å²) in [4.78, 5) is 13.6. The minimum atomic E-state index is -0.474. The Kier molecular flexibility index (Phi) is 5.66. The predicted octanol–water partition coefficient (Wildman–Crippen LogP) is 1.76. The molecule has 1 aromatic carbocycles. The van der Waals surface area contributed by atoms with Gasteiger partial charge in [0, 0.05) is 26.1 Å². The van der Waals surface area contributed by atoms with Gasteiger partial charge in [0.2, 0.25) is 0 Å². The zero-order chi connectivity index (χ0) is 15.9. The minimum Gasteiger partial charge on any atom is -0.512 e. The van der Waals surface area contributed by atoms with Gasteiger partial charge in [-0.1, -0.05) is 0 Å². The smallest absolute Gasteiger partial charge is 0.338 e. The van der Waals surface area contributed by atoms with E-state index in [0.29, 0.717) is 38.2 Å². The summed E-state index contributed by atoms with van der Waals surface area (Å²) in [6.45, 7) is 2.24. The van der Waals surface area contributed by atoms with Crippen molar-refractivity contribution in [3.05, 3.63) is 35.6 Å². The number of aliphatic hydroxyl groups is 1. The molecule has 120 valence electrons. The molecule has 0 saturated heterocycles. The first kappa shape index (κ1) is 16.2. The second-order valence-electron chi connectivity index (χ2n) is 4.97. The molecule has 0 spiro atoms. The van der Waals surface area contributed by atoms with E-state index >= 15 is 0 Å². The van der Waals surface area contributed by atoms with Gasteiger partial charge in [0.25, 0.3) is 0 Å². The van der Waals surface area contributed by atoms with Crippen LogP contribution in [-0.2, 0) is 9.53 Å². The van der Waals surface area contributed by atoms with Crippen molar-refractivity contribution in [2.75, 3.05) is 40.5 Å². The van der Waals surface area contributed by atoms with Gasteiger partial charge in [-0.25, -0.2) is 4.79 Å². The van der Waals surface area contributed by atoms with Crippen LogP contribution in [-0.4, -0.2) is 56.4 Å². The second kappa shape index (κ2) is 7.70. The van der Waals surface area contributed by atoms with E-state index in [1.807, 2.05) is 24.3 Å². The molecule has 0 saturated carbocycles. The van der Waals surface area contributed by atoms with Crippen LogP contribution in [0.25, 0.3) is 0 Å². The maximum atomic E-state index is 11.6. The van der Waals surface area contributed by atoms with Gasteiger partial charge in [-0.15, -0.1) is 0 Å². The van der Waals surface area contributed by atoms with Crippen LogP contribution in [0.1, 0.15) is 6.42 Å². The van der Waals surface area contributed by atoms with Gasteiger partial charge in [-0.3, -0.25) is 4.90 Å². The van der Waals surface area contributed by atoms with Crippen LogP contribution in [0.4, 0.5) is 0 Å². The second-order valence-corrected chi connectivity index (χ2v) is 4.97. The van der Waals surface area contributed by atoms with Gasteiger partial charge < -0.3 is 19.3 Å². The van der Waals surface area contributed by atoms with Crippen LogP contribution < -0.4 is 9.47 Å². The molecule has 0 aliphatic carbocycles. The van der Waals surface area contributed by atoms with Crippen molar-refractivity contribution in [3.8, 4) is 11.5 Å². The summed E-state index contributed by atoms with van der Waals surface area (Å²) in [5.41, 5.74) is 0.332. The number of hydrogen-bond donors (Lipinski definition) is 1. The van der Waals surface area contributed by atoms with Gasteiger partial charge >= 0.3 is 5.97 Å². The van der Waals surface area contributed by atoms with Crippen LogP contribution in [0.3, 0.4) is 0 Å². The third-order valence-corrected chi connectivity index (χ3v) is 3.56. The molecule has 1 heterocycles. The standard InChI is InChI=1S/C16H21NO5/c1-20-12-3-5-13(6-4-12)22-10-9-17-8-7-15(18)14(11-17)16(19)21-2/h3-6,18H,7-11H2,1-2H3. The zero-order valence-electron chi connectivity index (χ0n) is 12.9.